The Bertz CT molecular complexity index is 163. The van der Waals surface area contributed by atoms with E-state index in [2.05, 4.69) is 4.74 Å². The van der Waals surface area contributed by atoms with Crippen molar-refractivity contribution < 1.29 is 14.5 Å². The van der Waals surface area contributed by atoms with Gasteiger partial charge in [-0.2, -0.15) is 0 Å². The van der Waals surface area contributed by atoms with Crippen molar-refractivity contribution >= 4 is 5.97 Å². The molecule has 5 nitrogen and oxygen atoms in total. The highest BCUT2D eigenvalue weighted by Crippen LogP contribution is 1.78. The van der Waals surface area contributed by atoms with Crippen LogP contribution in [0.15, 0.2) is 12.3 Å². The quantitative estimate of drug-likeness (QED) is 0.326. The second-order valence-corrected chi connectivity index (χ2v) is 1.47. The van der Waals surface area contributed by atoms with Crippen LogP contribution < -0.4 is 0 Å². The molecule has 0 N–H and O–H groups in total. The minimum atomic E-state index is -0.622. The number of esters is 1. The molecule has 0 bridgehead atoms. The zero-order valence-corrected chi connectivity index (χ0v) is 5.44. The molecule has 0 radical (unpaired) electrons. The third-order valence-electron chi connectivity index (χ3n) is 0.610. The molecule has 0 saturated carbocycles. The van der Waals surface area contributed by atoms with Crippen molar-refractivity contribution in [1.82, 2.24) is 0 Å². The van der Waals surface area contributed by atoms with Crippen LogP contribution in [0, 0.1) is 10.1 Å². The Labute approximate surface area is 57.4 Å². The van der Waals surface area contributed by atoms with E-state index in [4.69, 9.17) is 0 Å². The maximum absolute atomic E-state index is 10.1. The molecule has 5 heteroatoms. The van der Waals surface area contributed by atoms with Crippen LogP contribution in [0.25, 0.3) is 0 Å². The van der Waals surface area contributed by atoms with Crippen LogP contribution >= 0.6 is 0 Å². The summed E-state index contributed by atoms with van der Waals surface area (Å²) in [6, 6.07) is 0. The van der Waals surface area contributed by atoms with Gasteiger partial charge in [-0.3, -0.25) is 14.9 Å². The lowest BCUT2D eigenvalue weighted by molar-refractivity contribution is -0.402. The van der Waals surface area contributed by atoms with Gasteiger partial charge in [0.1, 0.15) is 6.61 Å². The number of rotatable bonds is 3. The lowest BCUT2D eigenvalue weighted by Crippen LogP contribution is -1.98. The predicted molar refractivity (Wildman–Crippen MR) is 32.8 cm³/mol. The van der Waals surface area contributed by atoms with Crippen molar-refractivity contribution in [2.24, 2.45) is 0 Å². The van der Waals surface area contributed by atoms with Gasteiger partial charge in [0.25, 0.3) is 0 Å². The average Bonchev–Trinajstić information content (AvgIpc) is 1.79. The predicted octanol–water partition coefficient (Wildman–Crippen LogP) is 0.340. The number of carbonyl (C=O) groups excluding carboxylic acids is 1. The lowest BCUT2D eigenvalue weighted by atomic mass is 10.6. The second-order valence-electron chi connectivity index (χ2n) is 1.47. The van der Waals surface area contributed by atoms with Crippen LogP contribution in [0.5, 0.6) is 0 Å². The highest BCUT2D eigenvalue weighted by Gasteiger charge is 1.88. The van der Waals surface area contributed by atoms with Gasteiger partial charge >= 0.3 is 5.97 Å². The summed E-state index contributed by atoms with van der Waals surface area (Å²) in [7, 11) is 0. The third-order valence-corrected chi connectivity index (χ3v) is 0.610. The van der Waals surface area contributed by atoms with Crippen LogP contribution in [0.3, 0.4) is 0 Å². The highest BCUT2D eigenvalue weighted by molar-refractivity contribution is 5.65. The van der Waals surface area contributed by atoms with Crippen molar-refractivity contribution in [1.29, 1.82) is 0 Å². The molecule has 56 valence electrons. The Morgan fingerprint density at radius 3 is 2.80 bits per heavy atom. The van der Waals surface area contributed by atoms with Crippen LogP contribution in [-0.4, -0.2) is 17.5 Å². The molecule has 0 rings (SSSR count). The first-order valence-electron chi connectivity index (χ1n) is 2.56. The zero-order chi connectivity index (χ0) is 7.98. The normalized spacial score (nSPS) is 9.70. The molecule has 0 fully saturated rings. The molecule has 10 heavy (non-hydrogen) atoms. The van der Waals surface area contributed by atoms with Crippen molar-refractivity contribution in [2.45, 2.75) is 6.92 Å². The second kappa shape index (κ2) is 4.49. The van der Waals surface area contributed by atoms with E-state index in [1.54, 1.807) is 0 Å². The molecular weight excluding hydrogens is 138 g/mol. The maximum Gasteiger partial charge on any atom is 0.302 e. The maximum atomic E-state index is 10.1. The van der Waals surface area contributed by atoms with E-state index in [9.17, 15) is 14.9 Å². The van der Waals surface area contributed by atoms with Gasteiger partial charge < -0.3 is 4.74 Å². The summed E-state index contributed by atoms with van der Waals surface area (Å²) < 4.78 is 4.36. The van der Waals surface area contributed by atoms with E-state index in [1.807, 2.05) is 0 Å². The SMILES string of the molecule is CC(=O)OCC=C[N+](=O)[O-]. The molecule has 0 aliphatic rings. The van der Waals surface area contributed by atoms with E-state index in [0.717, 1.165) is 12.3 Å². The summed E-state index contributed by atoms with van der Waals surface area (Å²) >= 11 is 0. The zero-order valence-electron chi connectivity index (χ0n) is 5.44. The van der Waals surface area contributed by atoms with Crippen molar-refractivity contribution in [3.8, 4) is 0 Å². The van der Waals surface area contributed by atoms with Crippen molar-refractivity contribution in [3.63, 3.8) is 0 Å². The monoisotopic (exact) mass is 145 g/mol. The molecular formula is C5H7NO4. The van der Waals surface area contributed by atoms with E-state index in [1.165, 1.54) is 6.92 Å². The first kappa shape index (κ1) is 8.61. The third kappa shape index (κ3) is 6.61. The molecule has 0 spiro atoms. The van der Waals surface area contributed by atoms with E-state index in [-0.39, 0.29) is 6.61 Å². The molecule has 0 aromatic heterocycles. The Morgan fingerprint density at radius 2 is 2.40 bits per heavy atom. The van der Waals surface area contributed by atoms with Gasteiger partial charge in [-0.05, 0) is 0 Å². The summed E-state index contributed by atoms with van der Waals surface area (Å²) in [4.78, 5) is 19.1. The fourth-order valence-corrected chi connectivity index (χ4v) is 0.295. The minimum absolute atomic E-state index is 0.0453. The van der Waals surface area contributed by atoms with E-state index < -0.39 is 10.9 Å². The van der Waals surface area contributed by atoms with Crippen molar-refractivity contribution in [2.75, 3.05) is 6.61 Å². The number of carbonyl (C=O) groups is 1. The standard InChI is InChI=1S/C5H7NO4/c1-5(7)10-4-2-3-6(8)9/h2-3H,4H2,1H3. The molecule has 0 aromatic carbocycles. The molecule has 0 amide bonds. The lowest BCUT2D eigenvalue weighted by Gasteiger charge is -1.91. The van der Waals surface area contributed by atoms with Gasteiger partial charge in [-0.15, -0.1) is 0 Å². The Morgan fingerprint density at radius 1 is 1.80 bits per heavy atom. The van der Waals surface area contributed by atoms with Gasteiger partial charge in [-0.25, -0.2) is 0 Å². The van der Waals surface area contributed by atoms with Crippen LogP contribution in [0.4, 0.5) is 0 Å². The summed E-state index contributed by atoms with van der Waals surface area (Å²) in [6.45, 7) is 1.19. The number of hydrogen-bond donors (Lipinski definition) is 0. The fraction of sp³-hybridized carbons (Fsp3) is 0.400. The summed E-state index contributed by atoms with van der Waals surface area (Å²) in [6.07, 6.45) is 1.88. The molecule has 0 aromatic rings. The number of hydrogen-bond acceptors (Lipinski definition) is 4. The molecule has 0 atom stereocenters. The summed E-state index contributed by atoms with van der Waals surface area (Å²) in [5.41, 5.74) is 0. The van der Waals surface area contributed by atoms with Gasteiger partial charge in [-0.1, -0.05) is 0 Å². The number of nitro groups is 1. The van der Waals surface area contributed by atoms with E-state index in [0.29, 0.717) is 0 Å². The Hall–Kier alpha value is -1.39. The topological polar surface area (TPSA) is 69.4 Å². The molecule has 0 aliphatic carbocycles. The number of ether oxygens (including phenoxy) is 1. The van der Waals surface area contributed by atoms with Crippen LogP contribution in [-0.2, 0) is 9.53 Å². The van der Waals surface area contributed by atoms with Crippen LogP contribution in [0.1, 0.15) is 6.92 Å². The first-order chi connectivity index (χ1) is 4.63. The Kier molecular flexibility index (Phi) is 3.86. The molecule has 0 heterocycles. The first-order valence-corrected chi connectivity index (χ1v) is 2.56. The smallest absolute Gasteiger partial charge is 0.302 e. The average molecular weight is 145 g/mol. The highest BCUT2D eigenvalue weighted by atomic mass is 16.6. The van der Waals surface area contributed by atoms with Gasteiger partial charge in [0.15, 0.2) is 0 Å². The summed E-state index contributed by atoms with van der Waals surface area (Å²) in [5, 5.41) is 9.62. The van der Waals surface area contributed by atoms with Gasteiger partial charge in [0.2, 0.25) is 6.20 Å². The largest absolute Gasteiger partial charge is 0.461 e. The minimum Gasteiger partial charge on any atom is -0.461 e. The van der Waals surface area contributed by atoms with Crippen LogP contribution in [0.2, 0.25) is 0 Å². The van der Waals surface area contributed by atoms with Gasteiger partial charge in [0, 0.05) is 13.0 Å². The number of nitrogens with zero attached hydrogens (tertiary/aromatic N) is 1. The van der Waals surface area contributed by atoms with Crippen molar-refractivity contribution in [3.05, 3.63) is 22.4 Å². The molecule has 0 saturated heterocycles. The summed E-state index contributed by atoms with van der Waals surface area (Å²) in [5.74, 6) is -0.451. The molecule has 0 aliphatic heterocycles. The molecule has 0 unspecified atom stereocenters. The van der Waals surface area contributed by atoms with E-state index >= 15 is 0 Å². The Balaban J connectivity index is 3.36. The van der Waals surface area contributed by atoms with Gasteiger partial charge in [0.05, 0.1) is 4.92 Å². The fourth-order valence-electron chi connectivity index (χ4n) is 0.295.